The van der Waals surface area contributed by atoms with E-state index in [1.54, 1.807) is 43.5 Å². The normalized spacial score (nSPS) is 17.4. The van der Waals surface area contributed by atoms with Crippen LogP contribution in [0.1, 0.15) is 16.7 Å². The summed E-state index contributed by atoms with van der Waals surface area (Å²) in [6, 6.07) is 21.9. The second-order valence-electron chi connectivity index (χ2n) is 9.00. The van der Waals surface area contributed by atoms with Gasteiger partial charge in [-0.05, 0) is 65.2 Å². The Labute approximate surface area is 227 Å². The predicted molar refractivity (Wildman–Crippen MR) is 150 cm³/mol. The maximum Gasteiger partial charge on any atom is 0.273 e. The third kappa shape index (κ3) is 5.07. The summed E-state index contributed by atoms with van der Waals surface area (Å²) in [5.74, 6) is 0.140. The molecule has 0 N–H and O–H groups in total. The standard InChI is InChI=1S/C29H27ClN2O5S/c1-36-23-13-9-21(10-14-23)27(31-15-17-37-18-16-31)19-25(20-7-11-22(30)12-8-20)28-24-5-3-4-6-26(24)32(29(28)33)38(2,34)35/h3-14,19H,15-18H2,1-2H3/b27-19+,28-25-. The lowest BCUT2D eigenvalue weighted by atomic mass is 9.93. The molecule has 1 saturated heterocycles. The Morgan fingerprint density at radius 1 is 0.947 bits per heavy atom. The summed E-state index contributed by atoms with van der Waals surface area (Å²) in [5.41, 5.74) is 4.36. The number of ether oxygens (including phenoxy) is 2. The van der Waals surface area contributed by atoms with E-state index in [1.807, 2.05) is 42.5 Å². The van der Waals surface area contributed by atoms with Crippen molar-refractivity contribution in [3.05, 3.63) is 101 Å². The largest absolute Gasteiger partial charge is 0.497 e. The molecule has 0 aromatic heterocycles. The summed E-state index contributed by atoms with van der Waals surface area (Å²) in [6.45, 7) is 2.48. The summed E-state index contributed by atoms with van der Waals surface area (Å²) in [5, 5.41) is 0.557. The molecule has 0 spiro atoms. The average molecular weight is 551 g/mol. The third-order valence-corrected chi connectivity index (χ3v) is 7.84. The van der Waals surface area contributed by atoms with Crippen LogP contribution in [0.2, 0.25) is 5.02 Å². The van der Waals surface area contributed by atoms with Crippen molar-refractivity contribution in [2.45, 2.75) is 0 Å². The number of hydrogen-bond acceptors (Lipinski definition) is 6. The van der Waals surface area contributed by atoms with E-state index in [9.17, 15) is 13.2 Å². The van der Waals surface area contributed by atoms with Crippen molar-refractivity contribution in [2.24, 2.45) is 0 Å². The Kier molecular flexibility index (Phi) is 7.29. The molecule has 9 heteroatoms. The number of nitrogens with zero attached hydrogens (tertiary/aromatic N) is 2. The number of carbonyl (C=O) groups excluding carboxylic acids is 1. The van der Waals surface area contributed by atoms with E-state index in [0.717, 1.165) is 33.1 Å². The van der Waals surface area contributed by atoms with Gasteiger partial charge < -0.3 is 14.4 Å². The summed E-state index contributed by atoms with van der Waals surface area (Å²) in [4.78, 5) is 16.1. The van der Waals surface area contributed by atoms with Crippen LogP contribution < -0.4 is 9.04 Å². The molecule has 3 aromatic carbocycles. The minimum atomic E-state index is -3.86. The van der Waals surface area contributed by atoms with Crippen molar-refractivity contribution < 1.29 is 22.7 Å². The minimum absolute atomic E-state index is 0.313. The fourth-order valence-corrected chi connectivity index (χ4v) is 5.80. The Hall–Kier alpha value is -3.59. The van der Waals surface area contributed by atoms with Crippen LogP contribution >= 0.6 is 11.6 Å². The molecule has 0 unspecified atom stereocenters. The Morgan fingerprint density at radius 3 is 2.21 bits per heavy atom. The van der Waals surface area contributed by atoms with E-state index in [2.05, 4.69) is 4.90 Å². The van der Waals surface area contributed by atoms with Crippen molar-refractivity contribution in [2.75, 3.05) is 44.0 Å². The van der Waals surface area contributed by atoms with Crippen LogP contribution in [0, 0.1) is 0 Å². The van der Waals surface area contributed by atoms with Gasteiger partial charge in [0.15, 0.2) is 0 Å². The van der Waals surface area contributed by atoms with E-state index in [0.29, 0.717) is 53.7 Å². The van der Waals surface area contributed by atoms with Crippen LogP contribution in [0.4, 0.5) is 5.69 Å². The molecule has 2 aliphatic heterocycles. The van der Waals surface area contributed by atoms with Crippen LogP contribution in [0.25, 0.3) is 16.8 Å². The van der Waals surface area contributed by atoms with Gasteiger partial charge in [-0.15, -0.1) is 0 Å². The van der Waals surface area contributed by atoms with Crippen molar-refractivity contribution in [3.63, 3.8) is 0 Å². The van der Waals surface area contributed by atoms with Crippen LogP contribution in [0.15, 0.2) is 78.9 Å². The second-order valence-corrected chi connectivity index (χ2v) is 11.3. The maximum absolute atomic E-state index is 13.9. The number of allylic oxidation sites excluding steroid dienone is 2. The van der Waals surface area contributed by atoms with E-state index in [4.69, 9.17) is 21.1 Å². The van der Waals surface area contributed by atoms with Gasteiger partial charge in [0, 0.05) is 29.4 Å². The van der Waals surface area contributed by atoms with Gasteiger partial charge in [0.05, 0.1) is 37.8 Å². The van der Waals surface area contributed by atoms with Gasteiger partial charge in [0.25, 0.3) is 5.91 Å². The second kappa shape index (κ2) is 10.6. The Morgan fingerprint density at radius 2 is 1.58 bits per heavy atom. The smallest absolute Gasteiger partial charge is 0.273 e. The summed E-state index contributed by atoms with van der Waals surface area (Å²) >= 11 is 6.20. The topological polar surface area (TPSA) is 76.2 Å². The molecule has 1 fully saturated rings. The zero-order valence-electron chi connectivity index (χ0n) is 21.1. The molecular formula is C29H27ClN2O5S. The lowest BCUT2D eigenvalue weighted by molar-refractivity contribution is -0.111. The summed E-state index contributed by atoms with van der Waals surface area (Å²) in [6.07, 6.45) is 3.01. The summed E-state index contributed by atoms with van der Waals surface area (Å²) < 4.78 is 37.3. The van der Waals surface area contributed by atoms with Crippen molar-refractivity contribution in [1.29, 1.82) is 0 Å². The molecule has 5 rings (SSSR count). The highest BCUT2D eigenvalue weighted by molar-refractivity contribution is 7.93. The molecule has 2 aliphatic rings. The Bertz CT molecular complexity index is 1520. The van der Waals surface area contributed by atoms with Crippen LogP contribution in [0.5, 0.6) is 5.75 Å². The number of sulfonamides is 1. The van der Waals surface area contributed by atoms with Gasteiger partial charge in [0.1, 0.15) is 5.75 Å². The van der Waals surface area contributed by atoms with Crippen LogP contribution in [0.3, 0.4) is 0 Å². The summed E-state index contributed by atoms with van der Waals surface area (Å²) in [7, 11) is -2.24. The van der Waals surface area contributed by atoms with E-state index in [-0.39, 0.29) is 0 Å². The SMILES string of the molecule is COc1ccc(/C(=C\C(=C2\C(=O)N(S(C)(=O)=O)c3ccccc32)c2ccc(Cl)cc2)N2CCOCC2)cc1. The van der Waals surface area contributed by atoms with Crippen LogP contribution in [-0.4, -0.2) is 58.9 Å². The molecule has 38 heavy (non-hydrogen) atoms. The number of para-hydroxylation sites is 1. The highest BCUT2D eigenvalue weighted by Gasteiger charge is 2.39. The monoisotopic (exact) mass is 550 g/mol. The predicted octanol–water partition coefficient (Wildman–Crippen LogP) is 4.94. The number of carbonyl (C=O) groups is 1. The molecule has 0 saturated carbocycles. The Balaban J connectivity index is 1.80. The van der Waals surface area contributed by atoms with Gasteiger partial charge in [-0.3, -0.25) is 4.79 Å². The number of rotatable bonds is 6. The molecule has 7 nitrogen and oxygen atoms in total. The van der Waals surface area contributed by atoms with Gasteiger partial charge in [0.2, 0.25) is 10.0 Å². The molecule has 0 atom stereocenters. The zero-order chi connectivity index (χ0) is 26.9. The lowest BCUT2D eigenvalue weighted by Gasteiger charge is -2.32. The van der Waals surface area contributed by atoms with Gasteiger partial charge in [-0.1, -0.05) is 41.9 Å². The number of hydrogen-bond donors (Lipinski definition) is 0. The number of amides is 1. The van der Waals surface area contributed by atoms with Crippen molar-refractivity contribution in [3.8, 4) is 5.75 Å². The third-order valence-electron chi connectivity index (χ3n) is 6.57. The number of fused-ring (bicyclic) bond motifs is 1. The molecule has 3 aromatic rings. The highest BCUT2D eigenvalue weighted by Crippen LogP contribution is 2.43. The van der Waals surface area contributed by atoms with Crippen molar-refractivity contribution >= 4 is 50.1 Å². The van der Waals surface area contributed by atoms with Crippen molar-refractivity contribution in [1.82, 2.24) is 4.90 Å². The number of benzene rings is 3. The molecule has 0 radical (unpaired) electrons. The lowest BCUT2D eigenvalue weighted by Crippen LogP contribution is -2.35. The van der Waals surface area contributed by atoms with E-state index in [1.165, 1.54) is 0 Å². The first kappa shape index (κ1) is 26.0. The molecule has 0 aliphatic carbocycles. The number of anilines is 1. The highest BCUT2D eigenvalue weighted by atomic mass is 35.5. The minimum Gasteiger partial charge on any atom is -0.497 e. The first-order valence-electron chi connectivity index (χ1n) is 12.1. The number of halogens is 1. The molecular weight excluding hydrogens is 524 g/mol. The molecule has 2 heterocycles. The van der Waals surface area contributed by atoms with Crippen LogP contribution in [-0.2, 0) is 19.6 Å². The average Bonchev–Trinajstić information content (AvgIpc) is 3.22. The molecule has 196 valence electrons. The van der Waals surface area contributed by atoms with Gasteiger partial charge in [-0.25, -0.2) is 12.7 Å². The van der Waals surface area contributed by atoms with E-state index >= 15 is 0 Å². The van der Waals surface area contributed by atoms with Gasteiger partial charge >= 0.3 is 0 Å². The first-order chi connectivity index (χ1) is 18.3. The quantitative estimate of drug-likeness (QED) is 0.405. The zero-order valence-corrected chi connectivity index (χ0v) is 22.6. The first-order valence-corrected chi connectivity index (χ1v) is 14.3. The number of morpholine rings is 1. The van der Waals surface area contributed by atoms with E-state index < -0.39 is 15.9 Å². The maximum atomic E-state index is 13.9. The fraction of sp³-hybridized carbons (Fsp3) is 0.207. The van der Waals surface area contributed by atoms with Gasteiger partial charge in [-0.2, -0.15) is 0 Å². The fourth-order valence-electron chi connectivity index (χ4n) is 4.77. The molecule has 0 bridgehead atoms. The number of methoxy groups -OCH3 is 1. The molecule has 1 amide bonds.